The number of rotatable bonds is 2. The molecular formula is C13H7ClFN3O. The molecule has 1 aromatic carbocycles. The van der Waals surface area contributed by atoms with Gasteiger partial charge in [0.25, 0.3) is 5.91 Å². The second-order valence-electron chi connectivity index (χ2n) is 3.57. The molecule has 0 saturated carbocycles. The number of pyridine rings is 1. The van der Waals surface area contributed by atoms with E-state index in [-0.39, 0.29) is 22.1 Å². The van der Waals surface area contributed by atoms with E-state index >= 15 is 0 Å². The van der Waals surface area contributed by atoms with Gasteiger partial charge in [-0.3, -0.25) is 4.79 Å². The third-order valence-corrected chi connectivity index (χ3v) is 2.53. The van der Waals surface area contributed by atoms with Gasteiger partial charge < -0.3 is 5.32 Å². The highest BCUT2D eigenvalue weighted by atomic mass is 35.5. The van der Waals surface area contributed by atoms with Crippen molar-refractivity contribution in [2.24, 2.45) is 0 Å². The number of amides is 1. The summed E-state index contributed by atoms with van der Waals surface area (Å²) in [5, 5.41) is 11.4. The Morgan fingerprint density at radius 1 is 1.32 bits per heavy atom. The van der Waals surface area contributed by atoms with E-state index in [1.54, 1.807) is 12.1 Å². The lowest BCUT2D eigenvalue weighted by atomic mass is 10.2. The molecule has 0 unspecified atom stereocenters. The third-order valence-electron chi connectivity index (χ3n) is 2.32. The van der Waals surface area contributed by atoms with Crippen molar-refractivity contribution in [2.45, 2.75) is 0 Å². The fraction of sp³-hybridized carbons (Fsp3) is 0. The highest BCUT2D eigenvalue weighted by molar-refractivity contribution is 6.29. The summed E-state index contributed by atoms with van der Waals surface area (Å²) in [6.07, 6.45) is 0. The summed E-state index contributed by atoms with van der Waals surface area (Å²) in [6.45, 7) is 0. The smallest absolute Gasteiger partial charge is 0.274 e. The summed E-state index contributed by atoms with van der Waals surface area (Å²) in [5.74, 6) is -1.26. The summed E-state index contributed by atoms with van der Waals surface area (Å²) in [7, 11) is 0. The highest BCUT2D eigenvalue weighted by Crippen LogP contribution is 2.18. The van der Waals surface area contributed by atoms with Crippen molar-refractivity contribution in [1.29, 1.82) is 5.26 Å². The predicted octanol–water partition coefficient (Wildman–Crippen LogP) is 3.00. The van der Waals surface area contributed by atoms with Crippen molar-refractivity contribution >= 4 is 23.2 Å². The molecule has 0 radical (unpaired) electrons. The Labute approximate surface area is 113 Å². The van der Waals surface area contributed by atoms with Gasteiger partial charge in [0.1, 0.15) is 28.3 Å². The maximum absolute atomic E-state index is 13.4. The lowest BCUT2D eigenvalue weighted by molar-refractivity contribution is 0.102. The van der Waals surface area contributed by atoms with Gasteiger partial charge in [0.2, 0.25) is 0 Å². The molecule has 0 aliphatic heterocycles. The molecule has 0 bridgehead atoms. The Kier molecular flexibility index (Phi) is 3.74. The first kappa shape index (κ1) is 13.0. The minimum atomic E-state index is -0.695. The van der Waals surface area contributed by atoms with E-state index in [0.29, 0.717) is 0 Å². The van der Waals surface area contributed by atoms with Gasteiger partial charge in [0, 0.05) is 0 Å². The molecule has 19 heavy (non-hydrogen) atoms. The van der Waals surface area contributed by atoms with Crippen molar-refractivity contribution in [1.82, 2.24) is 4.98 Å². The van der Waals surface area contributed by atoms with Gasteiger partial charge in [-0.1, -0.05) is 23.7 Å². The molecule has 1 N–H and O–H groups in total. The summed E-state index contributed by atoms with van der Waals surface area (Å²) in [4.78, 5) is 15.7. The van der Waals surface area contributed by atoms with E-state index in [2.05, 4.69) is 10.3 Å². The standard InChI is InChI=1S/C13H7ClFN3O/c14-12-6-2-5-11(17-12)13(19)18-10-4-1-3-9(15)8(10)7-16/h1-6H,(H,18,19). The molecule has 94 valence electrons. The van der Waals surface area contributed by atoms with Crippen LogP contribution < -0.4 is 5.32 Å². The maximum atomic E-state index is 13.4. The molecule has 0 fully saturated rings. The minimum Gasteiger partial charge on any atom is -0.319 e. The van der Waals surface area contributed by atoms with E-state index in [0.717, 1.165) is 6.07 Å². The number of nitriles is 1. The number of hydrogen-bond donors (Lipinski definition) is 1. The topological polar surface area (TPSA) is 65.8 Å². The molecule has 1 heterocycles. The first-order valence-corrected chi connectivity index (χ1v) is 5.62. The number of aromatic nitrogens is 1. The molecule has 0 saturated heterocycles. The van der Waals surface area contributed by atoms with Crippen molar-refractivity contribution in [3.05, 3.63) is 58.6 Å². The number of hydrogen-bond acceptors (Lipinski definition) is 3. The van der Waals surface area contributed by atoms with E-state index in [9.17, 15) is 9.18 Å². The SMILES string of the molecule is N#Cc1c(F)cccc1NC(=O)c1cccc(Cl)n1. The van der Waals surface area contributed by atoms with Crippen LogP contribution in [-0.4, -0.2) is 10.9 Å². The van der Waals surface area contributed by atoms with E-state index < -0.39 is 11.7 Å². The second-order valence-corrected chi connectivity index (χ2v) is 3.96. The van der Waals surface area contributed by atoms with Gasteiger partial charge in [-0.15, -0.1) is 0 Å². The van der Waals surface area contributed by atoms with Crippen molar-refractivity contribution < 1.29 is 9.18 Å². The number of carbonyl (C=O) groups is 1. The Hall–Kier alpha value is -2.45. The third kappa shape index (κ3) is 2.87. The summed E-state index contributed by atoms with van der Waals surface area (Å²) in [6, 6.07) is 10.2. The van der Waals surface area contributed by atoms with Crippen molar-refractivity contribution in [2.75, 3.05) is 5.32 Å². The fourth-order valence-electron chi connectivity index (χ4n) is 1.46. The Balaban J connectivity index is 2.30. The molecule has 1 aromatic heterocycles. The molecule has 4 nitrogen and oxygen atoms in total. The van der Waals surface area contributed by atoms with E-state index in [1.807, 2.05) is 0 Å². The van der Waals surface area contributed by atoms with Crippen LogP contribution in [0.25, 0.3) is 0 Å². The quantitative estimate of drug-likeness (QED) is 0.857. The van der Waals surface area contributed by atoms with E-state index in [4.69, 9.17) is 16.9 Å². The van der Waals surface area contributed by atoms with Gasteiger partial charge in [0.05, 0.1) is 5.69 Å². The normalized spacial score (nSPS) is 9.74. The lowest BCUT2D eigenvalue weighted by Gasteiger charge is -2.07. The molecule has 2 rings (SSSR count). The average Bonchev–Trinajstić information content (AvgIpc) is 2.39. The zero-order valence-corrected chi connectivity index (χ0v) is 10.3. The van der Waals surface area contributed by atoms with Crippen molar-refractivity contribution in [3.8, 4) is 6.07 Å². The number of anilines is 1. The van der Waals surface area contributed by atoms with Gasteiger partial charge in [-0.25, -0.2) is 9.37 Å². The summed E-state index contributed by atoms with van der Waals surface area (Å²) in [5.41, 5.74) is -0.0483. The highest BCUT2D eigenvalue weighted by Gasteiger charge is 2.13. The predicted molar refractivity (Wildman–Crippen MR) is 68.3 cm³/mol. The van der Waals surface area contributed by atoms with Crippen LogP contribution in [0.3, 0.4) is 0 Å². The molecule has 1 amide bonds. The number of halogens is 2. The van der Waals surface area contributed by atoms with Gasteiger partial charge in [0.15, 0.2) is 0 Å². The number of nitrogens with zero attached hydrogens (tertiary/aromatic N) is 2. The zero-order chi connectivity index (χ0) is 13.8. The van der Waals surface area contributed by atoms with Gasteiger partial charge >= 0.3 is 0 Å². The van der Waals surface area contributed by atoms with Crippen LogP contribution in [0.4, 0.5) is 10.1 Å². The fourth-order valence-corrected chi connectivity index (χ4v) is 1.63. The molecular weight excluding hydrogens is 269 g/mol. The molecule has 2 aromatic rings. The Morgan fingerprint density at radius 3 is 2.74 bits per heavy atom. The van der Waals surface area contributed by atoms with Crippen LogP contribution in [0.5, 0.6) is 0 Å². The Morgan fingerprint density at radius 2 is 2.05 bits per heavy atom. The molecule has 0 aliphatic carbocycles. The van der Waals surface area contributed by atoms with Gasteiger partial charge in [-0.05, 0) is 24.3 Å². The van der Waals surface area contributed by atoms with Crippen LogP contribution in [-0.2, 0) is 0 Å². The van der Waals surface area contributed by atoms with Gasteiger partial charge in [-0.2, -0.15) is 5.26 Å². The lowest BCUT2D eigenvalue weighted by Crippen LogP contribution is -2.14. The Bertz CT molecular complexity index is 682. The maximum Gasteiger partial charge on any atom is 0.274 e. The zero-order valence-electron chi connectivity index (χ0n) is 9.52. The number of benzene rings is 1. The second kappa shape index (κ2) is 5.46. The van der Waals surface area contributed by atoms with Crippen molar-refractivity contribution in [3.63, 3.8) is 0 Å². The van der Waals surface area contributed by atoms with Crippen LogP contribution in [0.2, 0.25) is 5.15 Å². The number of carbonyl (C=O) groups excluding carboxylic acids is 1. The van der Waals surface area contributed by atoms with Crippen LogP contribution in [0, 0.1) is 17.1 Å². The summed E-state index contributed by atoms with van der Waals surface area (Å²) < 4.78 is 13.4. The molecule has 0 aliphatic rings. The first-order chi connectivity index (χ1) is 9.11. The van der Waals surface area contributed by atoms with E-state index in [1.165, 1.54) is 24.3 Å². The van der Waals surface area contributed by atoms with Crippen LogP contribution >= 0.6 is 11.6 Å². The molecule has 0 spiro atoms. The average molecular weight is 276 g/mol. The largest absolute Gasteiger partial charge is 0.319 e. The number of nitrogens with one attached hydrogen (secondary N) is 1. The van der Waals surface area contributed by atoms with Crippen LogP contribution in [0.15, 0.2) is 36.4 Å². The molecule has 0 atom stereocenters. The summed E-state index contributed by atoms with van der Waals surface area (Å²) >= 11 is 5.67. The minimum absolute atomic E-state index is 0.0839. The molecule has 6 heteroatoms. The van der Waals surface area contributed by atoms with Crippen LogP contribution in [0.1, 0.15) is 16.1 Å². The monoisotopic (exact) mass is 275 g/mol. The first-order valence-electron chi connectivity index (χ1n) is 5.24.